The molecule has 8 N–H and O–H groups in total. The summed E-state index contributed by atoms with van der Waals surface area (Å²) >= 11 is 0. The van der Waals surface area contributed by atoms with E-state index in [9.17, 15) is 39.1 Å². The number of nitrogens with zero attached hydrogens (tertiary/aromatic N) is 4. The monoisotopic (exact) mass is 608 g/mol. The van der Waals surface area contributed by atoms with Crippen molar-refractivity contribution in [3.63, 3.8) is 0 Å². The quantitative estimate of drug-likeness (QED) is 0.0874. The third kappa shape index (κ3) is 6.37. The number of fused-ring (bicyclic) bond motifs is 1. The lowest BCUT2D eigenvalue weighted by atomic mass is 10.1. The molecule has 1 aliphatic rings. The maximum Gasteiger partial charge on any atom is 0.536 e. The first-order chi connectivity index (χ1) is 18.6. The summed E-state index contributed by atoms with van der Waals surface area (Å²) in [5.41, 5.74) is 4.12. The molecule has 22 heteroatoms. The van der Waals surface area contributed by atoms with E-state index in [0.717, 1.165) is 24.5 Å². The van der Waals surface area contributed by atoms with Crippen LogP contribution in [0.25, 0.3) is 11.2 Å². The minimum atomic E-state index is -5.42. The maximum absolute atomic E-state index is 12.0. The second-order valence-corrected chi connectivity index (χ2v) is 11.2. The molecule has 218 valence electrons. The number of rotatable bonds is 10. The Morgan fingerprint density at radius 3 is 2.62 bits per heavy atom. The Labute approximate surface area is 221 Å². The van der Waals surface area contributed by atoms with E-state index in [4.69, 9.17) is 25.0 Å². The molecule has 1 saturated heterocycles. The fourth-order valence-corrected chi connectivity index (χ4v) is 5.51. The molecule has 0 spiro atoms. The number of nitro groups is 1. The van der Waals surface area contributed by atoms with Gasteiger partial charge in [0.2, 0.25) is 5.95 Å². The zero-order valence-electron chi connectivity index (χ0n) is 20.1. The normalized spacial score (nSPS) is 23.6. The average Bonchev–Trinajstić information content (AvgIpc) is 3.36. The number of nitrogens with two attached hydrogens (primary N) is 1. The van der Waals surface area contributed by atoms with Crippen LogP contribution in [0.15, 0.2) is 29.3 Å². The zero-order valence-corrected chi connectivity index (χ0v) is 21.9. The summed E-state index contributed by atoms with van der Waals surface area (Å²) in [4.78, 5) is 60.0. The van der Waals surface area contributed by atoms with Crippen LogP contribution in [-0.2, 0) is 22.9 Å². The number of hydrogen-bond donors (Lipinski definition) is 7. The van der Waals surface area contributed by atoms with Crippen molar-refractivity contribution in [2.45, 2.75) is 37.6 Å². The van der Waals surface area contributed by atoms with Crippen molar-refractivity contribution in [2.24, 2.45) is 0 Å². The molecule has 1 fully saturated rings. The number of aromatic amines is 1. The molecule has 2 aromatic heterocycles. The molecule has 40 heavy (non-hydrogen) atoms. The van der Waals surface area contributed by atoms with Gasteiger partial charge in [0, 0.05) is 6.07 Å². The molecule has 0 radical (unpaired) electrons. The van der Waals surface area contributed by atoms with Crippen molar-refractivity contribution in [1.82, 2.24) is 19.5 Å². The minimum absolute atomic E-state index is 0.0243. The van der Waals surface area contributed by atoms with Gasteiger partial charge in [-0.25, -0.2) is 14.1 Å². The summed E-state index contributed by atoms with van der Waals surface area (Å²) < 4.78 is 43.6. The van der Waals surface area contributed by atoms with Crippen molar-refractivity contribution in [3.05, 3.63) is 50.6 Å². The van der Waals surface area contributed by atoms with Gasteiger partial charge in [-0.15, -0.1) is 0 Å². The summed E-state index contributed by atoms with van der Waals surface area (Å²) in [6, 6.07) is 2.71. The van der Waals surface area contributed by atoms with Crippen LogP contribution in [0.4, 0.5) is 11.6 Å². The molecule has 0 bridgehead atoms. The van der Waals surface area contributed by atoms with E-state index in [0.29, 0.717) is 0 Å². The van der Waals surface area contributed by atoms with Gasteiger partial charge < -0.3 is 39.7 Å². The average molecular weight is 608 g/mol. The molecule has 3 heterocycles. The fraction of sp³-hybridized carbons (Fsp3) is 0.389. The number of aliphatic hydroxyl groups is 2. The highest BCUT2D eigenvalue weighted by Gasteiger charge is 2.45. The Bertz CT molecular complexity index is 1590. The van der Waals surface area contributed by atoms with Crippen LogP contribution in [0.1, 0.15) is 24.8 Å². The van der Waals surface area contributed by atoms with Gasteiger partial charge in [0.15, 0.2) is 17.4 Å². The highest BCUT2D eigenvalue weighted by atomic mass is 31.3. The lowest BCUT2D eigenvalue weighted by molar-refractivity contribution is -0.386. The molecule has 0 saturated carbocycles. The number of H-pyrrole nitrogens is 1. The molecular formula is C18H22N6O14P2. The molecule has 3 aromatic rings. The van der Waals surface area contributed by atoms with E-state index < -0.39 is 74.8 Å². The molecule has 1 aromatic carbocycles. The summed E-state index contributed by atoms with van der Waals surface area (Å²) in [6.07, 6.45) is -5.51. The predicted octanol–water partition coefficient (Wildman–Crippen LogP) is -0.404. The largest absolute Gasteiger partial charge is 0.536 e. The first-order valence-corrected chi connectivity index (χ1v) is 14.0. The molecule has 6 atom stereocenters. The summed E-state index contributed by atoms with van der Waals surface area (Å²) in [6.45, 7) is 0.926. The second-order valence-electron chi connectivity index (χ2n) is 8.41. The van der Waals surface area contributed by atoms with E-state index in [1.54, 1.807) is 0 Å². The van der Waals surface area contributed by atoms with Gasteiger partial charge in [0.05, 0.1) is 29.5 Å². The van der Waals surface area contributed by atoms with Crippen molar-refractivity contribution in [2.75, 3.05) is 12.3 Å². The third-order valence-electron chi connectivity index (χ3n) is 5.64. The number of nitrogens with one attached hydrogen (secondary N) is 1. The van der Waals surface area contributed by atoms with Crippen molar-refractivity contribution < 1.29 is 57.3 Å². The van der Waals surface area contributed by atoms with E-state index in [2.05, 4.69) is 23.8 Å². The van der Waals surface area contributed by atoms with Crippen LogP contribution in [0.3, 0.4) is 0 Å². The van der Waals surface area contributed by atoms with E-state index >= 15 is 0 Å². The van der Waals surface area contributed by atoms with E-state index in [1.165, 1.54) is 11.5 Å². The number of benzene rings is 1. The number of hydrogen-bond acceptors (Lipinski definition) is 14. The molecule has 0 aliphatic carbocycles. The predicted molar refractivity (Wildman–Crippen MR) is 130 cm³/mol. The number of imidazole rings is 1. The second kappa shape index (κ2) is 10.9. The Kier molecular flexibility index (Phi) is 8.12. The highest BCUT2D eigenvalue weighted by Crippen LogP contribution is 2.57. The van der Waals surface area contributed by atoms with Gasteiger partial charge in [-0.3, -0.25) is 29.4 Å². The van der Waals surface area contributed by atoms with Crippen molar-refractivity contribution >= 4 is 38.4 Å². The Morgan fingerprint density at radius 1 is 1.27 bits per heavy atom. The smallest absolute Gasteiger partial charge is 0.404 e. The summed E-state index contributed by atoms with van der Waals surface area (Å²) in [5.74, 6) is -0.739. The zero-order chi connectivity index (χ0) is 29.6. The number of ether oxygens (including phenoxy) is 2. The van der Waals surface area contributed by atoms with Gasteiger partial charge in [-0.05, 0) is 19.1 Å². The standard InChI is InChI=1S/C18H22N6O14P2/c1-7(9-4-8(2-3-10(9)24(28)29)37-40(33,34)38-39(30,31)32)35-5-11-13(25)14(26)17(36-11)23-6-20-12-15(23)21-18(19)22-16(12)27/h2-4,6-7,11,13-14,17,25-26H,5H2,1H3,(H,33,34)(H2,30,31,32)(H3,19,21,22,27)/t7-,11-,13-,14-,17-/m1/s1. The number of nitrogen functional groups attached to an aromatic ring is 1. The lowest BCUT2D eigenvalue weighted by Gasteiger charge is -2.20. The van der Waals surface area contributed by atoms with Gasteiger partial charge in [-0.1, -0.05) is 0 Å². The first-order valence-electron chi connectivity index (χ1n) is 11.0. The topological polar surface area (TPSA) is 305 Å². The van der Waals surface area contributed by atoms with Gasteiger partial charge in [0.25, 0.3) is 11.2 Å². The Balaban J connectivity index is 1.51. The molecule has 20 nitrogen and oxygen atoms in total. The fourth-order valence-electron chi connectivity index (χ4n) is 3.92. The van der Waals surface area contributed by atoms with Crippen LogP contribution >= 0.6 is 15.6 Å². The van der Waals surface area contributed by atoms with Crippen LogP contribution < -0.4 is 15.8 Å². The first kappa shape index (κ1) is 29.7. The van der Waals surface area contributed by atoms with E-state index in [-0.39, 0.29) is 22.7 Å². The summed E-state index contributed by atoms with van der Waals surface area (Å²) in [5, 5.41) is 32.6. The molecule has 4 rings (SSSR count). The number of aliphatic hydroxyl groups excluding tert-OH is 2. The van der Waals surface area contributed by atoms with Gasteiger partial charge in [0.1, 0.15) is 24.1 Å². The minimum Gasteiger partial charge on any atom is -0.404 e. The SMILES string of the molecule is C[C@@H](OC[C@H]1O[C@@H](n2cnc3c(=O)[nH]c(N)nc32)[C@H](O)[C@@H]1O)c1cc(OP(=O)(O)OP(=O)(O)O)ccc1[N+](=O)[O-]. The number of phosphoric ester groups is 1. The molecule has 1 aliphatic heterocycles. The lowest BCUT2D eigenvalue weighted by Crippen LogP contribution is -2.34. The van der Waals surface area contributed by atoms with Crippen molar-refractivity contribution in [1.29, 1.82) is 0 Å². The van der Waals surface area contributed by atoms with Crippen molar-refractivity contribution in [3.8, 4) is 5.75 Å². The Hall–Kier alpha value is -3.29. The van der Waals surface area contributed by atoms with Gasteiger partial charge >= 0.3 is 15.6 Å². The van der Waals surface area contributed by atoms with Gasteiger partial charge in [-0.2, -0.15) is 9.29 Å². The summed E-state index contributed by atoms with van der Waals surface area (Å²) in [7, 11) is -10.7. The number of aromatic nitrogens is 4. The third-order valence-corrected chi connectivity index (χ3v) is 7.75. The number of anilines is 1. The highest BCUT2D eigenvalue weighted by molar-refractivity contribution is 7.60. The molecule has 0 amide bonds. The number of phosphoric acid groups is 2. The van der Waals surface area contributed by atoms with E-state index in [1.807, 2.05) is 0 Å². The Morgan fingerprint density at radius 2 is 1.98 bits per heavy atom. The van der Waals surface area contributed by atoms with Crippen LogP contribution in [0, 0.1) is 10.1 Å². The molecular weight excluding hydrogens is 586 g/mol. The van der Waals surface area contributed by atoms with Crippen LogP contribution in [-0.4, -0.2) is 74.3 Å². The molecule has 1 unspecified atom stereocenters. The number of nitro benzene ring substituents is 1. The van der Waals surface area contributed by atoms with Crippen LogP contribution in [0.5, 0.6) is 5.75 Å². The van der Waals surface area contributed by atoms with Crippen LogP contribution in [0.2, 0.25) is 0 Å². The maximum atomic E-state index is 12.0.